The van der Waals surface area contributed by atoms with Crippen molar-refractivity contribution in [2.45, 2.75) is 25.8 Å². The van der Waals surface area contributed by atoms with E-state index in [1.807, 2.05) is 6.92 Å². The SMILES string of the molecule is COCC(Nc1cc(Br)c(F)cc1C)C1CC1. The Balaban J connectivity index is 2.13. The van der Waals surface area contributed by atoms with Gasteiger partial charge in [0, 0.05) is 12.8 Å². The fraction of sp³-hybridized carbons (Fsp3) is 0.538. The normalized spacial score (nSPS) is 16.9. The van der Waals surface area contributed by atoms with Crippen molar-refractivity contribution in [1.29, 1.82) is 0 Å². The molecule has 0 heterocycles. The van der Waals surface area contributed by atoms with Gasteiger partial charge in [0.1, 0.15) is 5.82 Å². The van der Waals surface area contributed by atoms with E-state index in [2.05, 4.69) is 21.2 Å². The molecule has 0 radical (unpaired) electrons. The van der Waals surface area contributed by atoms with E-state index in [1.54, 1.807) is 19.2 Å². The van der Waals surface area contributed by atoms with Crippen molar-refractivity contribution in [3.05, 3.63) is 28.0 Å². The molecule has 1 aromatic rings. The van der Waals surface area contributed by atoms with Gasteiger partial charge in [0.05, 0.1) is 17.1 Å². The molecule has 1 aliphatic carbocycles. The van der Waals surface area contributed by atoms with E-state index in [-0.39, 0.29) is 5.82 Å². The van der Waals surface area contributed by atoms with Crippen molar-refractivity contribution in [3.8, 4) is 0 Å². The van der Waals surface area contributed by atoms with Gasteiger partial charge in [0.25, 0.3) is 0 Å². The number of methoxy groups -OCH3 is 1. The smallest absolute Gasteiger partial charge is 0.137 e. The molecular formula is C13H17BrFNO. The predicted molar refractivity (Wildman–Crippen MR) is 70.8 cm³/mol. The lowest BCUT2D eigenvalue weighted by Crippen LogP contribution is -2.27. The second-order valence-corrected chi connectivity index (χ2v) is 5.48. The first kappa shape index (κ1) is 12.8. The summed E-state index contributed by atoms with van der Waals surface area (Å²) < 4.78 is 19.0. The Kier molecular flexibility index (Phi) is 4.05. The fourth-order valence-electron chi connectivity index (χ4n) is 1.98. The Hall–Kier alpha value is -0.610. The minimum atomic E-state index is -0.220. The number of rotatable bonds is 5. The maximum Gasteiger partial charge on any atom is 0.137 e. The Morgan fingerprint density at radius 2 is 2.24 bits per heavy atom. The van der Waals surface area contributed by atoms with Crippen molar-refractivity contribution in [2.24, 2.45) is 5.92 Å². The van der Waals surface area contributed by atoms with Crippen LogP contribution in [0.1, 0.15) is 18.4 Å². The van der Waals surface area contributed by atoms with Crippen molar-refractivity contribution < 1.29 is 9.13 Å². The van der Waals surface area contributed by atoms with Gasteiger partial charge in [0.2, 0.25) is 0 Å². The molecule has 2 nitrogen and oxygen atoms in total. The van der Waals surface area contributed by atoms with Crippen LogP contribution in [-0.4, -0.2) is 19.8 Å². The van der Waals surface area contributed by atoms with Gasteiger partial charge in [-0.25, -0.2) is 4.39 Å². The van der Waals surface area contributed by atoms with Crippen LogP contribution in [0.25, 0.3) is 0 Å². The van der Waals surface area contributed by atoms with Crippen LogP contribution in [0.4, 0.5) is 10.1 Å². The molecule has 0 amide bonds. The lowest BCUT2D eigenvalue weighted by Gasteiger charge is -2.20. The third-order valence-corrected chi connectivity index (χ3v) is 3.75. The van der Waals surface area contributed by atoms with Gasteiger partial charge in [-0.2, -0.15) is 0 Å². The molecule has 0 spiro atoms. The van der Waals surface area contributed by atoms with Crippen LogP contribution in [0, 0.1) is 18.7 Å². The number of halogens is 2. The number of aryl methyl sites for hydroxylation is 1. The second kappa shape index (κ2) is 5.36. The molecule has 0 aromatic heterocycles. The average molecular weight is 302 g/mol. The summed E-state index contributed by atoms with van der Waals surface area (Å²) >= 11 is 3.22. The van der Waals surface area contributed by atoms with Gasteiger partial charge in [-0.1, -0.05) is 0 Å². The average Bonchev–Trinajstić information content (AvgIpc) is 3.08. The highest BCUT2D eigenvalue weighted by molar-refractivity contribution is 9.10. The molecular weight excluding hydrogens is 285 g/mol. The van der Waals surface area contributed by atoms with Crippen LogP contribution < -0.4 is 5.32 Å². The van der Waals surface area contributed by atoms with E-state index in [9.17, 15) is 4.39 Å². The number of ether oxygens (including phenoxy) is 1. The fourth-order valence-corrected chi connectivity index (χ4v) is 2.32. The van der Waals surface area contributed by atoms with Gasteiger partial charge in [-0.05, 0) is 59.3 Å². The molecule has 1 aromatic carbocycles. The highest BCUT2D eigenvalue weighted by Gasteiger charge is 2.31. The molecule has 4 heteroatoms. The zero-order valence-corrected chi connectivity index (χ0v) is 11.7. The molecule has 94 valence electrons. The monoisotopic (exact) mass is 301 g/mol. The summed E-state index contributed by atoms with van der Waals surface area (Å²) in [5.74, 6) is 0.473. The summed E-state index contributed by atoms with van der Waals surface area (Å²) in [6.45, 7) is 2.60. The standard InChI is InChI=1S/C13H17BrFNO/c1-8-5-11(15)10(14)6-12(8)16-13(7-17-2)9-3-4-9/h5-6,9,13,16H,3-4,7H2,1-2H3. The van der Waals surface area contributed by atoms with Gasteiger partial charge < -0.3 is 10.1 Å². The van der Waals surface area contributed by atoms with Crippen LogP contribution in [-0.2, 0) is 4.74 Å². The molecule has 1 atom stereocenters. The van der Waals surface area contributed by atoms with Gasteiger partial charge in [0.15, 0.2) is 0 Å². The molecule has 1 aliphatic rings. The van der Waals surface area contributed by atoms with E-state index in [0.717, 1.165) is 11.3 Å². The summed E-state index contributed by atoms with van der Waals surface area (Å²) in [7, 11) is 1.71. The Bertz CT molecular complexity index is 407. The lowest BCUT2D eigenvalue weighted by molar-refractivity contribution is 0.179. The summed E-state index contributed by atoms with van der Waals surface area (Å²) in [4.78, 5) is 0. The van der Waals surface area contributed by atoms with Crippen LogP contribution in [0.5, 0.6) is 0 Å². The summed E-state index contributed by atoms with van der Waals surface area (Å²) in [6.07, 6.45) is 2.50. The van der Waals surface area contributed by atoms with E-state index in [0.29, 0.717) is 23.0 Å². The molecule has 1 N–H and O–H groups in total. The van der Waals surface area contributed by atoms with Crippen molar-refractivity contribution >= 4 is 21.6 Å². The molecule has 2 rings (SSSR count). The highest BCUT2D eigenvalue weighted by Crippen LogP contribution is 2.35. The minimum absolute atomic E-state index is 0.220. The topological polar surface area (TPSA) is 21.3 Å². The number of nitrogens with one attached hydrogen (secondary N) is 1. The van der Waals surface area contributed by atoms with Gasteiger partial charge in [-0.3, -0.25) is 0 Å². The lowest BCUT2D eigenvalue weighted by atomic mass is 10.1. The van der Waals surface area contributed by atoms with Gasteiger partial charge >= 0.3 is 0 Å². The van der Waals surface area contributed by atoms with Crippen LogP contribution in [0.2, 0.25) is 0 Å². The first-order valence-electron chi connectivity index (χ1n) is 5.83. The van der Waals surface area contributed by atoms with E-state index < -0.39 is 0 Å². The molecule has 0 saturated heterocycles. The summed E-state index contributed by atoms with van der Waals surface area (Å²) in [5.41, 5.74) is 1.90. The third kappa shape index (κ3) is 3.19. The summed E-state index contributed by atoms with van der Waals surface area (Å²) in [5, 5.41) is 3.46. The maximum atomic E-state index is 13.3. The highest BCUT2D eigenvalue weighted by atomic mass is 79.9. The molecule has 1 unspecified atom stereocenters. The van der Waals surface area contributed by atoms with E-state index >= 15 is 0 Å². The van der Waals surface area contributed by atoms with Gasteiger partial charge in [-0.15, -0.1) is 0 Å². The Labute approximate surface area is 110 Å². The minimum Gasteiger partial charge on any atom is -0.383 e. The number of anilines is 1. The van der Waals surface area contributed by atoms with Crippen molar-refractivity contribution in [1.82, 2.24) is 0 Å². The van der Waals surface area contributed by atoms with E-state index in [1.165, 1.54) is 12.8 Å². The largest absolute Gasteiger partial charge is 0.383 e. The van der Waals surface area contributed by atoms with Crippen molar-refractivity contribution in [2.75, 3.05) is 19.0 Å². The maximum absolute atomic E-state index is 13.3. The van der Waals surface area contributed by atoms with Crippen molar-refractivity contribution in [3.63, 3.8) is 0 Å². The molecule has 17 heavy (non-hydrogen) atoms. The first-order valence-corrected chi connectivity index (χ1v) is 6.62. The predicted octanol–water partition coefficient (Wildman–Crippen LogP) is 3.73. The number of benzene rings is 1. The molecule has 1 fully saturated rings. The van der Waals surface area contributed by atoms with Crippen LogP contribution >= 0.6 is 15.9 Å². The Morgan fingerprint density at radius 3 is 2.82 bits per heavy atom. The molecule has 1 saturated carbocycles. The molecule has 0 bridgehead atoms. The zero-order valence-electron chi connectivity index (χ0n) is 10.1. The van der Waals surface area contributed by atoms with Crippen LogP contribution in [0.3, 0.4) is 0 Å². The quantitative estimate of drug-likeness (QED) is 0.895. The first-order chi connectivity index (χ1) is 8.11. The zero-order chi connectivity index (χ0) is 12.4. The summed E-state index contributed by atoms with van der Waals surface area (Å²) in [6, 6.07) is 3.68. The molecule has 0 aliphatic heterocycles. The number of hydrogen-bond acceptors (Lipinski definition) is 2. The number of hydrogen-bond donors (Lipinski definition) is 1. The van der Waals surface area contributed by atoms with E-state index in [4.69, 9.17) is 4.74 Å². The second-order valence-electron chi connectivity index (χ2n) is 4.62. The Morgan fingerprint density at radius 1 is 1.53 bits per heavy atom. The third-order valence-electron chi connectivity index (χ3n) is 3.15. The van der Waals surface area contributed by atoms with Crippen LogP contribution in [0.15, 0.2) is 16.6 Å².